The number of unbranched alkanes of at least 4 members (excludes halogenated alkanes) is 1. The SMILES string of the molecule is CCCCOc1ccc(S(=O)(=O)Oc2cc(C)c(Cl)c(C)c2)cc1C. The van der Waals surface area contributed by atoms with Gasteiger partial charge in [-0.15, -0.1) is 0 Å². The molecule has 0 N–H and O–H groups in total. The smallest absolute Gasteiger partial charge is 0.339 e. The fourth-order valence-electron chi connectivity index (χ4n) is 2.39. The second kappa shape index (κ2) is 8.11. The van der Waals surface area contributed by atoms with Gasteiger partial charge in [-0.05, 0) is 74.2 Å². The van der Waals surface area contributed by atoms with Crippen LogP contribution in [0.1, 0.15) is 36.5 Å². The first-order chi connectivity index (χ1) is 11.7. The van der Waals surface area contributed by atoms with E-state index in [-0.39, 0.29) is 10.6 Å². The lowest BCUT2D eigenvalue weighted by Crippen LogP contribution is -2.10. The number of rotatable bonds is 7. The Morgan fingerprint density at radius 3 is 2.20 bits per heavy atom. The van der Waals surface area contributed by atoms with Crippen molar-refractivity contribution in [3.05, 3.63) is 52.0 Å². The largest absolute Gasteiger partial charge is 0.493 e. The molecule has 0 fully saturated rings. The van der Waals surface area contributed by atoms with E-state index in [0.717, 1.165) is 29.5 Å². The van der Waals surface area contributed by atoms with Gasteiger partial charge in [0.1, 0.15) is 16.4 Å². The van der Waals surface area contributed by atoms with Crippen molar-refractivity contribution in [2.24, 2.45) is 0 Å². The van der Waals surface area contributed by atoms with Crippen LogP contribution in [0.25, 0.3) is 0 Å². The Kier molecular flexibility index (Phi) is 6.36. The predicted octanol–water partition coefficient (Wildman–Crippen LogP) is 5.21. The van der Waals surface area contributed by atoms with Gasteiger partial charge < -0.3 is 8.92 Å². The van der Waals surface area contributed by atoms with Crippen molar-refractivity contribution in [1.29, 1.82) is 0 Å². The van der Waals surface area contributed by atoms with Crippen LogP contribution in [0, 0.1) is 20.8 Å². The van der Waals surface area contributed by atoms with Gasteiger partial charge in [-0.25, -0.2) is 0 Å². The van der Waals surface area contributed by atoms with Crippen molar-refractivity contribution < 1.29 is 17.3 Å². The third kappa shape index (κ3) is 4.89. The average molecular weight is 383 g/mol. The number of aryl methyl sites for hydroxylation is 3. The summed E-state index contributed by atoms with van der Waals surface area (Å²) in [5.41, 5.74) is 2.29. The average Bonchev–Trinajstić information content (AvgIpc) is 2.53. The highest BCUT2D eigenvalue weighted by molar-refractivity contribution is 7.87. The van der Waals surface area contributed by atoms with E-state index in [4.69, 9.17) is 20.5 Å². The Bertz CT molecular complexity index is 837. The van der Waals surface area contributed by atoms with E-state index >= 15 is 0 Å². The molecule has 25 heavy (non-hydrogen) atoms. The minimum absolute atomic E-state index is 0.0955. The Morgan fingerprint density at radius 2 is 1.64 bits per heavy atom. The minimum atomic E-state index is -3.92. The van der Waals surface area contributed by atoms with Crippen molar-refractivity contribution in [2.75, 3.05) is 6.61 Å². The van der Waals surface area contributed by atoms with E-state index in [1.54, 1.807) is 38.1 Å². The molecule has 0 aliphatic heterocycles. The third-order valence-corrected chi connectivity index (χ3v) is 5.65. The number of ether oxygens (including phenoxy) is 1. The normalized spacial score (nSPS) is 11.4. The molecular formula is C19H23ClO4S. The van der Waals surface area contributed by atoms with Crippen LogP contribution in [0.3, 0.4) is 0 Å². The molecule has 0 spiro atoms. The van der Waals surface area contributed by atoms with E-state index < -0.39 is 10.1 Å². The molecule has 0 saturated heterocycles. The zero-order chi connectivity index (χ0) is 18.6. The standard InChI is InChI=1S/C19H23ClO4S/c1-5-6-9-23-18-8-7-17(12-13(18)2)25(21,22)24-16-10-14(3)19(20)15(4)11-16/h7-8,10-12H,5-6,9H2,1-4H3. The van der Waals surface area contributed by atoms with Crippen molar-refractivity contribution in [3.8, 4) is 11.5 Å². The summed E-state index contributed by atoms with van der Waals surface area (Å²) in [7, 11) is -3.92. The van der Waals surface area contributed by atoms with Gasteiger partial charge in [0.25, 0.3) is 0 Å². The molecule has 4 nitrogen and oxygen atoms in total. The number of halogens is 1. The molecule has 0 unspecified atom stereocenters. The topological polar surface area (TPSA) is 52.6 Å². The van der Waals surface area contributed by atoms with E-state index in [1.807, 2.05) is 6.92 Å². The molecule has 0 radical (unpaired) electrons. The lowest BCUT2D eigenvalue weighted by atomic mass is 10.1. The van der Waals surface area contributed by atoms with Crippen LogP contribution < -0.4 is 8.92 Å². The van der Waals surface area contributed by atoms with E-state index in [2.05, 4.69) is 6.92 Å². The second-order valence-electron chi connectivity index (χ2n) is 6.04. The quantitative estimate of drug-likeness (QED) is 0.487. The van der Waals surface area contributed by atoms with Crippen LogP contribution in [0.5, 0.6) is 11.5 Å². The molecule has 0 aliphatic carbocycles. The predicted molar refractivity (Wildman–Crippen MR) is 100 cm³/mol. The molecular weight excluding hydrogens is 360 g/mol. The molecule has 2 aromatic carbocycles. The lowest BCUT2D eigenvalue weighted by molar-refractivity contribution is 0.307. The molecule has 0 amide bonds. The Balaban J connectivity index is 2.23. The Labute approximate surface area is 154 Å². The molecule has 0 aliphatic rings. The monoisotopic (exact) mass is 382 g/mol. The molecule has 0 aromatic heterocycles. The minimum Gasteiger partial charge on any atom is -0.493 e. The van der Waals surface area contributed by atoms with Gasteiger partial charge in [-0.3, -0.25) is 0 Å². The van der Waals surface area contributed by atoms with Crippen molar-refractivity contribution in [3.63, 3.8) is 0 Å². The van der Waals surface area contributed by atoms with Crippen molar-refractivity contribution in [2.45, 2.75) is 45.4 Å². The van der Waals surface area contributed by atoms with Crippen molar-refractivity contribution in [1.82, 2.24) is 0 Å². The molecule has 0 saturated carbocycles. The summed E-state index contributed by atoms with van der Waals surface area (Å²) >= 11 is 6.11. The zero-order valence-electron chi connectivity index (χ0n) is 14.9. The highest BCUT2D eigenvalue weighted by Gasteiger charge is 2.19. The Morgan fingerprint density at radius 1 is 1.00 bits per heavy atom. The maximum atomic E-state index is 12.5. The van der Waals surface area contributed by atoms with Crippen LogP contribution >= 0.6 is 11.6 Å². The van der Waals surface area contributed by atoms with Crippen LogP contribution in [-0.2, 0) is 10.1 Å². The number of hydrogen-bond donors (Lipinski definition) is 0. The van der Waals surface area contributed by atoms with Gasteiger partial charge in [0, 0.05) is 5.02 Å². The number of benzene rings is 2. The maximum Gasteiger partial charge on any atom is 0.339 e. The highest BCUT2D eigenvalue weighted by Crippen LogP contribution is 2.29. The second-order valence-corrected chi connectivity index (χ2v) is 7.96. The molecule has 2 aromatic rings. The van der Waals surface area contributed by atoms with Gasteiger partial charge in [0.05, 0.1) is 6.61 Å². The van der Waals surface area contributed by atoms with E-state index in [1.165, 1.54) is 6.07 Å². The number of hydrogen-bond acceptors (Lipinski definition) is 4. The summed E-state index contributed by atoms with van der Waals surface area (Å²) in [5, 5.41) is 0.606. The molecule has 0 bridgehead atoms. The zero-order valence-corrected chi connectivity index (χ0v) is 16.5. The van der Waals surface area contributed by atoms with Gasteiger partial charge in [0.2, 0.25) is 0 Å². The summed E-state index contributed by atoms with van der Waals surface area (Å²) in [6.07, 6.45) is 2.00. The van der Waals surface area contributed by atoms with Gasteiger partial charge >= 0.3 is 10.1 Å². The van der Waals surface area contributed by atoms with Gasteiger partial charge in [0.15, 0.2) is 0 Å². The lowest BCUT2D eigenvalue weighted by Gasteiger charge is -2.12. The van der Waals surface area contributed by atoms with Crippen LogP contribution in [0.2, 0.25) is 5.02 Å². The Hall–Kier alpha value is -1.72. The summed E-state index contributed by atoms with van der Waals surface area (Å²) in [6.45, 7) is 8.13. The van der Waals surface area contributed by atoms with Gasteiger partial charge in [-0.2, -0.15) is 8.42 Å². The molecule has 0 atom stereocenters. The fourth-order valence-corrected chi connectivity index (χ4v) is 3.51. The third-order valence-electron chi connectivity index (χ3n) is 3.81. The molecule has 6 heteroatoms. The first-order valence-corrected chi connectivity index (χ1v) is 9.98. The van der Waals surface area contributed by atoms with E-state index in [9.17, 15) is 8.42 Å². The van der Waals surface area contributed by atoms with Crippen LogP contribution in [0.4, 0.5) is 0 Å². The summed E-state index contributed by atoms with van der Waals surface area (Å²) in [6, 6.07) is 7.95. The van der Waals surface area contributed by atoms with E-state index in [0.29, 0.717) is 17.4 Å². The van der Waals surface area contributed by atoms with Crippen LogP contribution in [0.15, 0.2) is 35.2 Å². The summed E-state index contributed by atoms with van der Waals surface area (Å²) in [5.74, 6) is 0.936. The van der Waals surface area contributed by atoms with Crippen molar-refractivity contribution >= 4 is 21.7 Å². The fraction of sp³-hybridized carbons (Fsp3) is 0.368. The van der Waals surface area contributed by atoms with Gasteiger partial charge in [-0.1, -0.05) is 24.9 Å². The molecule has 2 rings (SSSR count). The van der Waals surface area contributed by atoms with Crippen LogP contribution in [-0.4, -0.2) is 15.0 Å². The molecule has 0 heterocycles. The summed E-state index contributed by atoms with van der Waals surface area (Å²) in [4.78, 5) is 0.0955. The first-order valence-electron chi connectivity index (χ1n) is 8.19. The summed E-state index contributed by atoms with van der Waals surface area (Å²) < 4.78 is 36.0. The maximum absolute atomic E-state index is 12.5. The first kappa shape index (κ1) is 19.6. The highest BCUT2D eigenvalue weighted by atomic mass is 35.5. The molecule has 136 valence electrons.